The maximum absolute atomic E-state index is 12.1. The maximum atomic E-state index is 12.1. The van der Waals surface area contributed by atoms with Crippen molar-refractivity contribution in [2.75, 3.05) is 12.4 Å². The van der Waals surface area contributed by atoms with Gasteiger partial charge in [-0.15, -0.1) is 0 Å². The first-order chi connectivity index (χ1) is 9.20. The Balaban J connectivity index is 2.08. The molecule has 4 nitrogen and oxygen atoms in total. The molecule has 2 rings (SSSR count). The second-order valence-corrected chi connectivity index (χ2v) is 4.29. The van der Waals surface area contributed by atoms with E-state index in [1.165, 1.54) is 0 Å². The smallest absolute Gasteiger partial charge is 0.251 e. The molecule has 0 saturated heterocycles. The third-order valence-electron chi connectivity index (χ3n) is 2.93. The van der Waals surface area contributed by atoms with Crippen LogP contribution in [0.2, 0.25) is 0 Å². The predicted octanol–water partition coefficient (Wildman–Crippen LogP) is 2.61. The molecule has 0 fully saturated rings. The van der Waals surface area contributed by atoms with Crippen molar-refractivity contribution in [2.24, 2.45) is 0 Å². The minimum absolute atomic E-state index is 0.0279. The summed E-state index contributed by atoms with van der Waals surface area (Å²) < 4.78 is 0. The monoisotopic (exact) mass is 255 g/mol. The van der Waals surface area contributed by atoms with Crippen LogP contribution in [0.4, 0.5) is 5.82 Å². The molecule has 0 aliphatic carbocycles. The molecule has 1 heterocycles. The van der Waals surface area contributed by atoms with Gasteiger partial charge in [-0.05, 0) is 24.6 Å². The summed E-state index contributed by atoms with van der Waals surface area (Å²) in [5.74, 6) is 0.579. The molecule has 0 aliphatic heterocycles. The Kier molecular flexibility index (Phi) is 4.13. The third kappa shape index (κ3) is 3.31. The van der Waals surface area contributed by atoms with Crippen LogP contribution in [0.1, 0.15) is 28.9 Å². The minimum atomic E-state index is -0.102. The van der Waals surface area contributed by atoms with Crippen molar-refractivity contribution in [3.8, 4) is 0 Å². The molecule has 0 saturated carbocycles. The highest BCUT2D eigenvalue weighted by molar-refractivity contribution is 5.95. The van der Waals surface area contributed by atoms with Gasteiger partial charge in [0, 0.05) is 18.8 Å². The lowest BCUT2D eigenvalue weighted by Crippen LogP contribution is -2.26. The molecule has 1 unspecified atom stereocenters. The lowest BCUT2D eigenvalue weighted by atomic mass is 10.1. The Morgan fingerprint density at radius 1 is 1.21 bits per heavy atom. The number of anilines is 1. The van der Waals surface area contributed by atoms with E-state index in [-0.39, 0.29) is 11.9 Å². The molecule has 98 valence electrons. The number of benzene rings is 1. The SMILES string of the molecule is CNc1cc(C(=O)NC(C)c2ccccc2)ccn1. The summed E-state index contributed by atoms with van der Waals surface area (Å²) in [6.07, 6.45) is 1.62. The normalized spacial score (nSPS) is 11.7. The number of aromatic nitrogens is 1. The zero-order valence-electron chi connectivity index (χ0n) is 11.1. The largest absolute Gasteiger partial charge is 0.373 e. The maximum Gasteiger partial charge on any atom is 0.251 e. The van der Waals surface area contributed by atoms with Crippen LogP contribution < -0.4 is 10.6 Å². The first kappa shape index (κ1) is 13.1. The summed E-state index contributed by atoms with van der Waals surface area (Å²) >= 11 is 0. The van der Waals surface area contributed by atoms with E-state index in [9.17, 15) is 4.79 Å². The van der Waals surface area contributed by atoms with Crippen LogP contribution in [0.15, 0.2) is 48.7 Å². The molecule has 4 heteroatoms. The van der Waals surface area contributed by atoms with Crippen LogP contribution in [0.3, 0.4) is 0 Å². The van der Waals surface area contributed by atoms with Crippen molar-refractivity contribution in [3.63, 3.8) is 0 Å². The molecule has 1 atom stereocenters. The standard InChI is InChI=1S/C15H17N3O/c1-11(12-6-4-3-5-7-12)18-15(19)13-8-9-17-14(10-13)16-2/h3-11H,1-2H3,(H,16,17)(H,18,19). The summed E-state index contributed by atoms with van der Waals surface area (Å²) in [5, 5.41) is 5.89. The van der Waals surface area contributed by atoms with Gasteiger partial charge in [0.1, 0.15) is 5.82 Å². The van der Waals surface area contributed by atoms with Crippen molar-refractivity contribution in [3.05, 3.63) is 59.8 Å². The van der Waals surface area contributed by atoms with Crippen LogP contribution in [0.25, 0.3) is 0 Å². The molecular weight excluding hydrogens is 238 g/mol. The molecule has 2 aromatic rings. The number of amides is 1. The third-order valence-corrected chi connectivity index (χ3v) is 2.93. The van der Waals surface area contributed by atoms with Gasteiger partial charge in [0.2, 0.25) is 0 Å². The topological polar surface area (TPSA) is 54.0 Å². The minimum Gasteiger partial charge on any atom is -0.373 e. The molecule has 0 aliphatic rings. The number of pyridine rings is 1. The van der Waals surface area contributed by atoms with Crippen LogP contribution in [0.5, 0.6) is 0 Å². The van der Waals surface area contributed by atoms with Crippen LogP contribution in [0, 0.1) is 0 Å². The van der Waals surface area contributed by atoms with Crippen molar-refractivity contribution in [1.82, 2.24) is 10.3 Å². The Bertz CT molecular complexity index is 554. The van der Waals surface area contributed by atoms with Crippen LogP contribution >= 0.6 is 0 Å². The first-order valence-corrected chi connectivity index (χ1v) is 6.20. The molecule has 0 radical (unpaired) electrons. The summed E-state index contributed by atoms with van der Waals surface area (Å²) in [6.45, 7) is 1.97. The number of carbonyl (C=O) groups excluding carboxylic acids is 1. The number of nitrogens with one attached hydrogen (secondary N) is 2. The van der Waals surface area contributed by atoms with E-state index >= 15 is 0 Å². The average Bonchev–Trinajstić information content (AvgIpc) is 2.48. The quantitative estimate of drug-likeness (QED) is 0.883. The molecule has 2 N–H and O–H groups in total. The second-order valence-electron chi connectivity index (χ2n) is 4.29. The van der Waals surface area contributed by atoms with E-state index < -0.39 is 0 Å². The Labute approximate surface area is 112 Å². The van der Waals surface area contributed by atoms with E-state index in [0.29, 0.717) is 11.4 Å². The van der Waals surface area contributed by atoms with Gasteiger partial charge in [-0.2, -0.15) is 0 Å². The summed E-state index contributed by atoms with van der Waals surface area (Å²) in [4.78, 5) is 16.2. The Hall–Kier alpha value is -2.36. The molecule has 0 bridgehead atoms. The first-order valence-electron chi connectivity index (χ1n) is 6.20. The fraction of sp³-hybridized carbons (Fsp3) is 0.200. The molecular formula is C15H17N3O. The van der Waals surface area contributed by atoms with E-state index in [4.69, 9.17) is 0 Å². The summed E-state index contributed by atoms with van der Waals surface area (Å²) in [6, 6.07) is 13.3. The van der Waals surface area contributed by atoms with Gasteiger partial charge in [0.05, 0.1) is 6.04 Å². The number of hydrogen-bond acceptors (Lipinski definition) is 3. The fourth-order valence-corrected chi connectivity index (χ4v) is 1.81. The Morgan fingerprint density at radius 2 is 1.95 bits per heavy atom. The number of rotatable bonds is 4. The summed E-state index contributed by atoms with van der Waals surface area (Å²) in [7, 11) is 1.77. The molecule has 19 heavy (non-hydrogen) atoms. The van der Waals surface area contributed by atoms with Gasteiger partial charge in [-0.1, -0.05) is 30.3 Å². The van der Waals surface area contributed by atoms with E-state index in [2.05, 4.69) is 15.6 Å². The van der Waals surface area contributed by atoms with E-state index in [1.54, 1.807) is 25.4 Å². The van der Waals surface area contributed by atoms with Gasteiger partial charge in [-0.25, -0.2) is 4.98 Å². The van der Waals surface area contributed by atoms with Crippen molar-refractivity contribution < 1.29 is 4.79 Å². The zero-order chi connectivity index (χ0) is 13.7. The highest BCUT2D eigenvalue weighted by Crippen LogP contribution is 2.13. The van der Waals surface area contributed by atoms with Gasteiger partial charge in [0.15, 0.2) is 0 Å². The highest BCUT2D eigenvalue weighted by atomic mass is 16.1. The number of nitrogens with zero attached hydrogens (tertiary/aromatic N) is 1. The zero-order valence-corrected chi connectivity index (χ0v) is 11.1. The lowest BCUT2D eigenvalue weighted by molar-refractivity contribution is 0.0940. The Morgan fingerprint density at radius 3 is 2.63 bits per heavy atom. The highest BCUT2D eigenvalue weighted by Gasteiger charge is 2.11. The number of hydrogen-bond donors (Lipinski definition) is 2. The molecule has 1 aromatic carbocycles. The molecule has 0 spiro atoms. The lowest BCUT2D eigenvalue weighted by Gasteiger charge is -2.14. The molecule has 1 amide bonds. The van der Waals surface area contributed by atoms with Gasteiger partial charge in [-0.3, -0.25) is 4.79 Å². The number of carbonyl (C=O) groups is 1. The fourth-order valence-electron chi connectivity index (χ4n) is 1.81. The van der Waals surface area contributed by atoms with Gasteiger partial charge >= 0.3 is 0 Å². The van der Waals surface area contributed by atoms with Crippen molar-refractivity contribution in [2.45, 2.75) is 13.0 Å². The van der Waals surface area contributed by atoms with Crippen molar-refractivity contribution >= 4 is 11.7 Å². The molecule has 1 aromatic heterocycles. The van der Waals surface area contributed by atoms with E-state index in [1.807, 2.05) is 37.3 Å². The van der Waals surface area contributed by atoms with Gasteiger partial charge < -0.3 is 10.6 Å². The second kappa shape index (κ2) is 6.00. The van der Waals surface area contributed by atoms with Gasteiger partial charge in [0.25, 0.3) is 5.91 Å². The predicted molar refractivity (Wildman–Crippen MR) is 76.1 cm³/mol. The van der Waals surface area contributed by atoms with Crippen LogP contribution in [-0.4, -0.2) is 17.9 Å². The van der Waals surface area contributed by atoms with Crippen molar-refractivity contribution in [1.29, 1.82) is 0 Å². The van der Waals surface area contributed by atoms with E-state index in [0.717, 1.165) is 5.56 Å². The average molecular weight is 255 g/mol. The van der Waals surface area contributed by atoms with Crippen LogP contribution in [-0.2, 0) is 0 Å². The summed E-state index contributed by atoms with van der Waals surface area (Å²) in [5.41, 5.74) is 1.68.